The molecule has 6 nitrogen and oxygen atoms in total. The van der Waals surface area contributed by atoms with Crippen LogP contribution in [0.4, 0.5) is 9.18 Å². The van der Waals surface area contributed by atoms with Gasteiger partial charge in [-0.1, -0.05) is 12.1 Å². The number of carbonyl (C=O) groups is 1. The van der Waals surface area contributed by atoms with Crippen LogP contribution in [0.5, 0.6) is 0 Å². The number of urea groups is 1. The maximum Gasteiger partial charge on any atom is 0.315 e. The van der Waals surface area contributed by atoms with Gasteiger partial charge in [0.05, 0.1) is 36.5 Å². The third kappa shape index (κ3) is 5.23. The van der Waals surface area contributed by atoms with Crippen LogP contribution in [0.15, 0.2) is 29.6 Å². The van der Waals surface area contributed by atoms with Crippen molar-refractivity contribution in [3.63, 3.8) is 0 Å². The van der Waals surface area contributed by atoms with Crippen LogP contribution < -0.4 is 10.6 Å². The molecular formula is C18H23FN4O2S. The van der Waals surface area contributed by atoms with E-state index in [9.17, 15) is 9.18 Å². The number of benzene rings is 1. The van der Waals surface area contributed by atoms with E-state index in [2.05, 4.69) is 20.5 Å². The molecule has 0 spiro atoms. The Morgan fingerprint density at radius 3 is 2.88 bits per heavy atom. The molecule has 140 valence electrons. The Morgan fingerprint density at radius 1 is 1.38 bits per heavy atom. The molecule has 1 aromatic heterocycles. The highest BCUT2D eigenvalue weighted by molar-refractivity contribution is 7.09. The van der Waals surface area contributed by atoms with E-state index in [0.717, 1.165) is 29.4 Å². The number of ether oxygens (including phenoxy) is 1. The summed E-state index contributed by atoms with van der Waals surface area (Å²) in [6.07, 6.45) is 0. The molecular weight excluding hydrogens is 355 g/mol. The lowest BCUT2D eigenvalue weighted by atomic mass is 10.0. The maximum absolute atomic E-state index is 13.7. The fraction of sp³-hybridized carbons (Fsp3) is 0.444. The molecule has 1 atom stereocenters. The van der Waals surface area contributed by atoms with Crippen molar-refractivity contribution in [1.29, 1.82) is 0 Å². The van der Waals surface area contributed by atoms with Gasteiger partial charge >= 0.3 is 6.03 Å². The Balaban J connectivity index is 1.59. The van der Waals surface area contributed by atoms with Gasteiger partial charge in [0.1, 0.15) is 5.82 Å². The first kappa shape index (κ1) is 18.8. The van der Waals surface area contributed by atoms with Gasteiger partial charge < -0.3 is 15.4 Å². The van der Waals surface area contributed by atoms with Gasteiger partial charge in [-0.15, -0.1) is 11.3 Å². The van der Waals surface area contributed by atoms with Crippen LogP contribution in [0.1, 0.15) is 22.3 Å². The zero-order valence-electron chi connectivity index (χ0n) is 14.7. The first-order chi connectivity index (χ1) is 12.6. The average molecular weight is 378 g/mol. The number of nitrogens with one attached hydrogen (secondary N) is 2. The van der Waals surface area contributed by atoms with Gasteiger partial charge in [-0.25, -0.2) is 14.2 Å². The van der Waals surface area contributed by atoms with Crippen molar-refractivity contribution in [3.05, 3.63) is 51.7 Å². The zero-order valence-corrected chi connectivity index (χ0v) is 15.5. The van der Waals surface area contributed by atoms with E-state index >= 15 is 0 Å². The van der Waals surface area contributed by atoms with E-state index < -0.39 is 0 Å². The molecule has 0 bridgehead atoms. The van der Waals surface area contributed by atoms with Crippen molar-refractivity contribution in [2.75, 3.05) is 32.8 Å². The molecule has 0 unspecified atom stereocenters. The van der Waals surface area contributed by atoms with Crippen LogP contribution in [-0.4, -0.2) is 48.8 Å². The van der Waals surface area contributed by atoms with Crippen LogP contribution in [-0.2, 0) is 11.3 Å². The van der Waals surface area contributed by atoms with Gasteiger partial charge in [-0.2, -0.15) is 0 Å². The minimum Gasteiger partial charge on any atom is -0.379 e. The molecule has 1 aliphatic heterocycles. The maximum atomic E-state index is 13.7. The Labute approximate surface area is 156 Å². The second-order valence-electron chi connectivity index (χ2n) is 6.14. The summed E-state index contributed by atoms with van der Waals surface area (Å²) in [5, 5.41) is 8.61. The highest BCUT2D eigenvalue weighted by atomic mass is 32.1. The smallest absolute Gasteiger partial charge is 0.315 e. The standard InChI is InChI=1S/C18H23FN4O2S/c1-13-22-16(12-26-13)10-20-18(24)21-11-17(23-5-7-25-8-6-23)14-3-2-4-15(19)9-14/h2-4,9,12,17H,5-8,10-11H2,1H3,(H2,20,21,24)/t17-/m1/s1. The third-order valence-corrected chi connectivity index (χ3v) is 5.09. The van der Waals surface area contributed by atoms with E-state index in [1.807, 2.05) is 18.4 Å². The molecule has 1 saturated heterocycles. The molecule has 1 aromatic carbocycles. The third-order valence-electron chi connectivity index (χ3n) is 4.27. The zero-order chi connectivity index (χ0) is 18.4. The fourth-order valence-corrected chi connectivity index (χ4v) is 3.59. The van der Waals surface area contributed by atoms with Crippen LogP contribution in [0.25, 0.3) is 0 Å². The first-order valence-electron chi connectivity index (χ1n) is 8.62. The summed E-state index contributed by atoms with van der Waals surface area (Å²) in [7, 11) is 0. The molecule has 26 heavy (non-hydrogen) atoms. The molecule has 8 heteroatoms. The Hall–Kier alpha value is -2.03. The van der Waals surface area contributed by atoms with E-state index in [1.165, 1.54) is 12.1 Å². The van der Waals surface area contributed by atoms with Gasteiger partial charge in [-0.3, -0.25) is 4.90 Å². The average Bonchev–Trinajstić information content (AvgIpc) is 3.06. The van der Waals surface area contributed by atoms with Crippen LogP contribution >= 0.6 is 11.3 Å². The summed E-state index contributed by atoms with van der Waals surface area (Å²) in [4.78, 5) is 18.7. The highest BCUT2D eigenvalue weighted by Crippen LogP contribution is 2.22. The topological polar surface area (TPSA) is 66.5 Å². The molecule has 0 saturated carbocycles. The number of rotatable bonds is 6. The minimum atomic E-state index is -0.274. The number of aryl methyl sites for hydroxylation is 1. The largest absolute Gasteiger partial charge is 0.379 e. The number of thiazole rings is 1. The lowest BCUT2D eigenvalue weighted by Crippen LogP contribution is -2.45. The van der Waals surface area contributed by atoms with Crippen LogP contribution in [0.3, 0.4) is 0 Å². The molecule has 1 aliphatic rings. The van der Waals surface area contributed by atoms with E-state index in [0.29, 0.717) is 26.3 Å². The number of nitrogens with zero attached hydrogens (tertiary/aromatic N) is 2. The SMILES string of the molecule is Cc1nc(CNC(=O)NC[C@H](c2cccc(F)c2)N2CCOCC2)cs1. The minimum absolute atomic E-state index is 0.0955. The summed E-state index contributed by atoms with van der Waals surface area (Å²) in [5.74, 6) is -0.274. The molecule has 2 N–H and O–H groups in total. The Bertz CT molecular complexity index is 733. The number of carbonyl (C=O) groups excluding carboxylic acids is 1. The first-order valence-corrected chi connectivity index (χ1v) is 9.50. The van der Waals surface area contributed by atoms with Crippen molar-refractivity contribution in [2.45, 2.75) is 19.5 Å². The summed E-state index contributed by atoms with van der Waals surface area (Å²) in [6.45, 7) is 5.50. The van der Waals surface area contributed by atoms with Crippen molar-refractivity contribution in [2.24, 2.45) is 0 Å². The molecule has 0 aliphatic carbocycles. The number of aromatic nitrogens is 1. The number of halogens is 1. The summed E-state index contributed by atoms with van der Waals surface area (Å²) >= 11 is 1.55. The predicted molar refractivity (Wildman–Crippen MR) is 98.6 cm³/mol. The summed E-state index contributed by atoms with van der Waals surface area (Å²) in [5.41, 5.74) is 1.69. The number of amides is 2. The van der Waals surface area contributed by atoms with Crippen molar-refractivity contribution in [3.8, 4) is 0 Å². The molecule has 1 fully saturated rings. The second-order valence-corrected chi connectivity index (χ2v) is 7.20. The molecule has 2 aromatic rings. The monoisotopic (exact) mass is 378 g/mol. The van der Waals surface area contributed by atoms with Gasteiger partial charge in [0, 0.05) is 25.0 Å². The highest BCUT2D eigenvalue weighted by Gasteiger charge is 2.23. The van der Waals surface area contributed by atoms with Crippen molar-refractivity contribution >= 4 is 17.4 Å². The Kier molecular flexibility index (Phi) is 6.54. The molecule has 2 heterocycles. The van der Waals surface area contributed by atoms with Crippen molar-refractivity contribution < 1.29 is 13.9 Å². The van der Waals surface area contributed by atoms with Crippen LogP contribution in [0, 0.1) is 12.7 Å². The normalized spacial score (nSPS) is 16.2. The van der Waals surface area contributed by atoms with Gasteiger partial charge in [0.2, 0.25) is 0 Å². The van der Waals surface area contributed by atoms with Gasteiger partial charge in [-0.05, 0) is 24.6 Å². The van der Waals surface area contributed by atoms with E-state index in [4.69, 9.17) is 4.74 Å². The number of hydrogen-bond acceptors (Lipinski definition) is 5. The van der Waals surface area contributed by atoms with Gasteiger partial charge in [0.25, 0.3) is 0 Å². The quantitative estimate of drug-likeness (QED) is 0.810. The summed E-state index contributed by atoms with van der Waals surface area (Å²) < 4.78 is 19.1. The van der Waals surface area contributed by atoms with Crippen LogP contribution in [0.2, 0.25) is 0 Å². The van der Waals surface area contributed by atoms with E-state index in [-0.39, 0.29) is 17.9 Å². The lowest BCUT2D eigenvalue weighted by Gasteiger charge is -2.34. The number of morpholine rings is 1. The second kappa shape index (κ2) is 9.07. The molecule has 3 rings (SSSR count). The molecule has 2 amide bonds. The number of hydrogen-bond donors (Lipinski definition) is 2. The predicted octanol–water partition coefficient (Wildman–Crippen LogP) is 2.46. The fourth-order valence-electron chi connectivity index (χ4n) is 2.97. The lowest BCUT2D eigenvalue weighted by molar-refractivity contribution is 0.0166. The van der Waals surface area contributed by atoms with E-state index in [1.54, 1.807) is 17.4 Å². The van der Waals surface area contributed by atoms with Crippen molar-refractivity contribution in [1.82, 2.24) is 20.5 Å². The van der Waals surface area contributed by atoms with Gasteiger partial charge in [0.15, 0.2) is 0 Å². The summed E-state index contributed by atoms with van der Waals surface area (Å²) in [6, 6.07) is 6.18. The Morgan fingerprint density at radius 2 is 2.19 bits per heavy atom. The molecule has 0 radical (unpaired) electrons.